The summed E-state index contributed by atoms with van der Waals surface area (Å²) in [7, 11) is 1.51. The Morgan fingerprint density at radius 3 is 2.21 bits per heavy atom. The first kappa shape index (κ1) is 15.6. The Morgan fingerprint density at radius 1 is 1.26 bits per heavy atom. The molecule has 5 heteroatoms. The lowest BCUT2D eigenvalue weighted by molar-refractivity contribution is -0.147. The van der Waals surface area contributed by atoms with Crippen LogP contribution in [0.1, 0.15) is 29.8 Å². The molecule has 0 bridgehead atoms. The SMILES string of the molecule is CSCc1ccc(C(=O)N(C)C(C)(C)C(=O)O)cc1. The number of likely N-dealkylation sites (N-methyl/N-ethyl adjacent to an activating group) is 1. The van der Waals surface area contributed by atoms with Gasteiger partial charge < -0.3 is 10.0 Å². The molecule has 1 rings (SSSR count). The summed E-state index contributed by atoms with van der Waals surface area (Å²) in [6.45, 7) is 3.02. The normalized spacial score (nSPS) is 11.2. The topological polar surface area (TPSA) is 57.6 Å². The van der Waals surface area contributed by atoms with E-state index in [9.17, 15) is 9.59 Å². The van der Waals surface area contributed by atoms with E-state index in [-0.39, 0.29) is 5.91 Å². The molecule has 1 aromatic carbocycles. The summed E-state index contributed by atoms with van der Waals surface area (Å²) >= 11 is 1.71. The fourth-order valence-corrected chi connectivity index (χ4v) is 2.03. The number of hydrogen-bond acceptors (Lipinski definition) is 3. The van der Waals surface area contributed by atoms with E-state index >= 15 is 0 Å². The third-order valence-electron chi connectivity index (χ3n) is 3.18. The number of aliphatic carboxylic acids is 1. The van der Waals surface area contributed by atoms with Crippen molar-refractivity contribution in [2.24, 2.45) is 0 Å². The maximum atomic E-state index is 12.2. The van der Waals surface area contributed by atoms with Crippen molar-refractivity contribution >= 4 is 23.6 Å². The summed E-state index contributed by atoms with van der Waals surface area (Å²) in [5.74, 6) is -0.421. The van der Waals surface area contributed by atoms with Gasteiger partial charge in [-0.2, -0.15) is 11.8 Å². The average molecular weight is 281 g/mol. The van der Waals surface area contributed by atoms with E-state index in [1.807, 2.05) is 18.4 Å². The Bertz CT molecular complexity index is 468. The molecule has 104 valence electrons. The van der Waals surface area contributed by atoms with Crippen LogP contribution in [-0.2, 0) is 10.5 Å². The van der Waals surface area contributed by atoms with Crippen LogP contribution in [0.15, 0.2) is 24.3 Å². The van der Waals surface area contributed by atoms with E-state index in [0.717, 1.165) is 11.3 Å². The molecule has 4 nitrogen and oxygen atoms in total. The van der Waals surface area contributed by atoms with Crippen LogP contribution in [-0.4, -0.2) is 40.7 Å². The molecule has 0 unspecified atom stereocenters. The van der Waals surface area contributed by atoms with Gasteiger partial charge in [0.05, 0.1) is 0 Å². The first-order chi connectivity index (χ1) is 8.80. The standard InChI is InChI=1S/C14H19NO3S/c1-14(2,13(17)18)15(3)12(16)11-7-5-10(6-8-11)9-19-4/h5-8H,9H2,1-4H3,(H,17,18). The number of carboxylic acid groups (broad SMARTS) is 1. The molecule has 19 heavy (non-hydrogen) atoms. The van der Waals surface area contributed by atoms with Gasteiger partial charge in [0.1, 0.15) is 5.54 Å². The van der Waals surface area contributed by atoms with Crippen LogP contribution < -0.4 is 0 Å². The molecule has 0 atom stereocenters. The van der Waals surface area contributed by atoms with Gasteiger partial charge in [0.15, 0.2) is 0 Å². The predicted octanol–water partition coefficient (Wildman–Crippen LogP) is 2.48. The van der Waals surface area contributed by atoms with E-state index in [1.54, 1.807) is 23.9 Å². The minimum absolute atomic E-state index is 0.289. The zero-order chi connectivity index (χ0) is 14.6. The summed E-state index contributed by atoms with van der Waals surface area (Å²) < 4.78 is 0. The molecule has 0 radical (unpaired) electrons. The molecule has 0 saturated carbocycles. The molecule has 0 aliphatic carbocycles. The molecule has 1 N–H and O–H groups in total. The average Bonchev–Trinajstić information content (AvgIpc) is 2.38. The maximum absolute atomic E-state index is 12.2. The van der Waals surface area contributed by atoms with Crippen molar-refractivity contribution in [1.29, 1.82) is 0 Å². The van der Waals surface area contributed by atoms with Gasteiger partial charge in [-0.05, 0) is 37.8 Å². The van der Waals surface area contributed by atoms with Crippen LogP contribution in [0.3, 0.4) is 0 Å². The lowest BCUT2D eigenvalue weighted by Gasteiger charge is -2.31. The Hall–Kier alpha value is -1.49. The number of benzene rings is 1. The number of carbonyl (C=O) groups is 2. The molecule has 0 saturated heterocycles. The van der Waals surface area contributed by atoms with Gasteiger partial charge in [-0.25, -0.2) is 4.79 Å². The summed E-state index contributed by atoms with van der Waals surface area (Å²) in [5.41, 5.74) is 0.417. The molecule has 1 aromatic rings. The minimum Gasteiger partial charge on any atom is -0.480 e. The summed E-state index contributed by atoms with van der Waals surface area (Å²) in [5, 5.41) is 9.12. The number of nitrogens with zero attached hydrogens (tertiary/aromatic N) is 1. The van der Waals surface area contributed by atoms with Gasteiger partial charge in [0.2, 0.25) is 0 Å². The van der Waals surface area contributed by atoms with Crippen molar-refractivity contribution in [1.82, 2.24) is 4.90 Å². The van der Waals surface area contributed by atoms with Crippen molar-refractivity contribution in [2.75, 3.05) is 13.3 Å². The van der Waals surface area contributed by atoms with E-state index in [4.69, 9.17) is 5.11 Å². The van der Waals surface area contributed by atoms with Crippen LogP contribution in [0.4, 0.5) is 0 Å². The smallest absolute Gasteiger partial charge is 0.329 e. The Morgan fingerprint density at radius 2 is 1.79 bits per heavy atom. The molecule has 0 aliphatic rings. The second kappa shape index (κ2) is 6.10. The van der Waals surface area contributed by atoms with E-state index < -0.39 is 11.5 Å². The van der Waals surface area contributed by atoms with Crippen LogP contribution in [0.5, 0.6) is 0 Å². The molecular weight excluding hydrogens is 262 g/mol. The summed E-state index contributed by atoms with van der Waals surface area (Å²) in [6, 6.07) is 7.27. The number of thioether (sulfide) groups is 1. The van der Waals surface area contributed by atoms with E-state index in [1.165, 1.54) is 25.8 Å². The quantitative estimate of drug-likeness (QED) is 0.901. The molecule has 0 aromatic heterocycles. The second-order valence-electron chi connectivity index (χ2n) is 4.86. The molecule has 0 spiro atoms. The van der Waals surface area contributed by atoms with Gasteiger partial charge in [-0.1, -0.05) is 12.1 Å². The van der Waals surface area contributed by atoms with Crippen molar-refractivity contribution in [2.45, 2.75) is 25.1 Å². The van der Waals surface area contributed by atoms with Crippen LogP contribution in [0.2, 0.25) is 0 Å². The summed E-state index contributed by atoms with van der Waals surface area (Å²) in [4.78, 5) is 24.6. The first-order valence-corrected chi connectivity index (χ1v) is 7.29. The van der Waals surface area contributed by atoms with Crippen LogP contribution >= 0.6 is 11.8 Å². The van der Waals surface area contributed by atoms with E-state index in [0.29, 0.717) is 5.56 Å². The van der Waals surface area contributed by atoms with Crippen molar-refractivity contribution in [3.63, 3.8) is 0 Å². The number of amides is 1. The third kappa shape index (κ3) is 3.50. The highest BCUT2D eigenvalue weighted by molar-refractivity contribution is 7.97. The minimum atomic E-state index is -1.23. The number of rotatable bonds is 5. The van der Waals surface area contributed by atoms with Gasteiger partial charge in [-0.3, -0.25) is 4.79 Å². The lowest BCUT2D eigenvalue weighted by atomic mass is 10.0. The van der Waals surface area contributed by atoms with Crippen LogP contribution in [0.25, 0.3) is 0 Å². The van der Waals surface area contributed by atoms with Crippen molar-refractivity contribution in [3.05, 3.63) is 35.4 Å². The molecule has 0 heterocycles. The van der Waals surface area contributed by atoms with Gasteiger partial charge in [0, 0.05) is 18.4 Å². The van der Waals surface area contributed by atoms with Gasteiger partial charge >= 0.3 is 5.97 Å². The third-order valence-corrected chi connectivity index (χ3v) is 3.80. The fraction of sp³-hybridized carbons (Fsp3) is 0.429. The molecular formula is C14H19NO3S. The van der Waals surface area contributed by atoms with Crippen molar-refractivity contribution < 1.29 is 14.7 Å². The zero-order valence-electron chi connectivity index (χ0n) is 11.6. The lowest BCUT2D eigenvalue weighted by Crippen LogP contribution is -2.50. The number of hydrogen-bond donors (Lipinski definition) is 1. The Kier molecular flexibility index (Phi) is 5.00. The maximum Gasteiger partial charge on any atom is 0.329 e. The largest absolute Gasteiger partial charge is 0.480 e. The highest BCUT2D eigenvalue weighted by Crippen LogP contribution is 2.17. The fourth-order valence-electron chi connectivity index (χ4n) is 1.50. The van der Waals surface area contributed by atoms with Crippen molar-refractivity contribution in [3.8, 4) is 0 Å². The monoisotopic (exact) mass is 281 g/mol. The number of carboxylic acids is 1. The molecule has 0 fully saturated rings. The first-order valence-electron chi connectivity index (χ1n) is 5.90. The zero-order valence-corrected chi connectivity index (χ0v) is 12.5. The Labute approximate surface area is 117 Å². The number of carbonyl (C=O) groups excluding carboxylic acids is 1. The second-order valence-corrected chi connectivity index (χ2v) is 5.72. The van der Waals surface area contributed by atoms with Gasteiger partial charge in [-0.15, -0.1) is 0 Å². The summed E-state index contributed by atoms with van der Waals surface area (Å²) in [6.07, 6.45) is 2.02. The molecule has 0 aliphatic heterocycles. The Balaban J connectivity index is 2.91. The van der Waals surface area contributed by atoms with Gasteiger partial charge in [0.25, 0.3) is 5.91 Å². The highest BCUT2D eigenvalue weighted by atomic mass is 32.2. The molecule has 1 amide bonds. The van der Waals surface area contributed by atoms with Crippen LogP contribution in [0, 0.1) is 0 Å². The predicted molar refractivity (Wildman–Crippen MR) is 77.5 cm³/mol. The highest BCUT2D eigenvalue weighted by Gasteiger charge is 2.35. The van der Waals surface area contributed by atoms with E-state index in [2.05, 4.69) is 0 Å².